The molecule has 21 heavy (non-hydrogen) atoms. The van der Waals surface area contributed by atoms with Gasteiger partial charge >= 0.3 is 0 Å². The van der Waals surface area contributed by atoms with Gasteiger partial charge in [0.2, 0.25) is 0 Å². The molecule has 0 unspecified atom stereocenters. The average Bonchev–Trinajstić information content (AvgIpc) is 2.41. The standard InChI is InChI=1S/C14H22N2O5/c1-14(2,3)21-6-5-20-13-8-11(16(17)18)10(9-15)7-12(13)19-4/h7-8H,5-6,9,15H2,1-4H3. The number of nitrogens with zero attached hydrogens (tertiary/aromatic N) is 1. The molecule has 1 rings (SSSR count). The van der Waals surface area contributed by atoms with Gasteiger partial charge in [-0.05, 0) is 26.8 Å². The minimum Gasteiger partial charge on any atom is -0.493 e. The molecule has 118 valence electrons. The summed E-state index contributed by atoms with van der Waals surface area (Å²) in [6.07, 6.45) is 0. The van der Waals surface area contributed by atoms with E-state index < -0.39 is 4.92 Å². The molecule has 0 aliphatic rings. The van der Waals surface area contributed by atoms with Crippen LogP contribution in [0.4, 0.5) is 5.69 Å². The van der Waals surface area contributed by atoms with Crippen molar-refractivity contribution in [1.29, 1.82) is 0 Å². The highest BCUT2D eigenvalue weighted by Gasteiger charge is 2.19. The van der Waals surface area contributed by atoms with Gasteiger partial charge in [0.15, 0.2) is 11.5 Å². The Morgan fingerprint density at radius 2 is 1.90 bits per heavy atom. The third kappa shape index (κ3) is 5.20. The number of nitrogens with two attached hydrogens (primary N) is 1. The molecule has 0 saturated heterocycles. The molecular formula is C14H22N2O5. The lowest BCUT2D eigenvalue weighted by Gasteiger charge is -2.20. The van der Waals surface area contributed by atoms with E-state index in [-0.39, 0.29) is 24.4 Å². The zero-order valence-electron chi connectivity index (χ0n) is 12.8. The molecule has 0 aliphatic carbocycles. The van der Waals surface area contributed by atoms with Gasteiger partial charge in [-0.25, -0.2) is 0 Å². The van der Waals surface area contributed by atoms with Crippen LogP contribution in [0.2, 0.25) is 0 Å². The van der Waals surface area contributed by atoms with Gasteiger partial charge in [-0.2, -0.15) is 0 Å². The second-order valence-electron chi connectivity index (χ2n) is 5.40. The summed E-state index contributed by atoms with van der Waals surface area (Å²) >= 11 is 0. The molecule has 7 nitrogen and oxygen atoms in total. The van der Waals surface area contributed by atoms with Crippen LogP contribution in [0.25, 0.3) is 0 Å². The molecule has 0 aliphatic heterocycles. The fourth-order valence-corrected chi connectivity index (χ4v) is 1.70. The smallest absolute Gasteiger partial charge is 0.277 e. The molecule has 0 radical (unpaired) electrons. The fourth-order valence-electron chi connectivity index (χ4n) is 1.70. The molecule has 0 atom stereocenters. The van der Waals surface area contributed by atoms with E-state index in [1.165, 1.54) is 19.2 Å². The summed E-state index contributed by atoms with van der Waals surface area (Å²) in [4.78, 5) is 10.5. The Morgan fingerprint density at radius 3 is 2.38 bits per heavy atom. The number of benzene rings is 1. The summed E-state index contributed by atoms with van der Waals surface area (Å²) in [6.45, 7) is 6.52. The summed E-state index contributed by atoms with van der Waals surface area (Å²) in [5.74, 6) is 0.718. The molecule has 7 heteroatoms. The maximum atomic E-state index is 11.0. The fraction of sp³-hybridized carbons (Fsp3) is 0.571. The van der Waals surface area contributed by atoms with E-state index in [9.17, 15) is 10.1 Å². The Hall–Kier alpha value is -1.86. The van der Waals surface area contributed by atoms with Crippen LogP contribution < -0.4 is 15.2 Å². The molecule has 1 aromatic carbocycles. The molecule has 0 amide bonds. The van der Waals surface area contributed by atoms with Gasteiger partial charge in [0.05, 0.1) is 30.3 Å². The van der Waals surface area contributed by atoms with Crippen LogP contribution in [0, 0.1) is 10.1 Å². The van der Waals surface area contributed by atoms with E-state index in [1.807, 2.05) is 20.8 Å². The minimum absolute atomic E-state index is 0.0556. The summed E-state index contributed by atoms with van der Waals surface area (Å²) < 4.78 is 16.2. The lowest BCUT2D eigenvalue weighted by molar-refractivity contribution is -0.385. The van der Waals surface area contributed by atoms with Crippen LogP contribution in [-0.2, 0) is 11.3 Å². The van der Waals surface area contributed by atoms with E-state index in [2.05, 4.69) is 0 Å². The van der Waals surface area contributed by atoms with E-state index in [1.54, 1.807) is 0 Å². The van der Waals surface area contributed by atoms with Gasteiger partial charge < -0.3 is 19.9 Å². The SMILES string of the molecule is COc1cc(CN)c([N+](=O)[O-])cc1OCCOC(C)(C)C. The van der Waals surface area contributed by atoms with Crippen molar-refractivity contribution in [2.24, 2.45) is 5.73 Å². The maximum absolute atomic E-state index is 11.0. The summed E-state index contributed by atoms with van der Waals surface area (Å²) in [6, 6.07) is 2.86. The normalized spacial score (nSPS) is 11.3. The molecular weight excluding hydrogens is 276 g/mol. The second kappa shape index (κ2) is 7.24. The van der Waals surface area contributed by atoms with Crippen molar-refractivity contribution in [3.63, 3.8) is 0 Å². The first-order valence-electron chi connectivity index (χ1n) is 6.60. The summed E-state index contributed by atoms with van der Waals surface area (Å²) in [5, 5.41) is 11.0. The Balaban J connectivity index is 2.85. The maximum Gasteiger partial charge on any atom is 0.277 e. The van der Waals surface area contributed by atoms with Gasteiger partial charge in [-0.15, -0.1) is 0 Å². The van der Waals surface area contributed by atoms with Crippen molar-refractivity contribution < 1.29 is 19.1 Å². The van der Waals surface area contributed by atoms with Gasteiger partial charge in [-0.1, -0.05) is 0 Å². The molecule has 0 aromatic heterocycles. The predicted molar refractivity (Wildman–Crippen MR) is 78.7 cm³/mol. The highest BCUT2D eigenvalue weighted by molar-refractivity contribution is 5.54. The van der Waals surface area contributed by atoms with Crippen LogP contribution >= 0.6 is 0 Å². The van der Waals surface area contributed by atoms with Gasteiger partial charge in [0.25, 0.3) is 5.69 Å². The molecule has 1 aromatic rings. The van der Waals surface area contributed by atoms with Crippen molar-refractivity contribution >= 4 is 5.69 Å². The van der Waals surface area contributed by atoms with Gasteiger partial charge in [-0.3, -0.25) is 10.1 Å². The number of rotatable bonds is 7. The lowest BCUT2D eigenvalue weighted by atomic mass is 10.1. The highest BCUT2D eigenvalue weighted by atomic mass is 16.6. The molecule has 0 saturated carbocycles. The van der Waals surface area contributed by atoms with Crippen LogP contribution in [0.3, 0.4) is 0 Å². The summed E-state index contributed by atoms with van der Waals surface area (Å²) in [7, 11) is 1.47. The topological polar surface area (TPSA) is 96.9 Å². The number of ether oxygens (including phenoxy) is 3. The summed E-state index contributed by atoms with van der Waals surface area (Å²) in [5.41, 5.74) is 5.57. The van der Waals surface area contributed by atoms with Crippen molar-refractivity contribution in [2.75, 3.05) is 20.3 Å². The van der Waals surface area contributed by atoms with Crippen LogP contribution in [0.15, 0.2) is 12.1 Å². The quantitative estimate of drug-likeness (QED) is 0.471. The molecule has 0 bridgehead atoms. The highest BCUT2D eigenvalue weighted by Crippen LogP contribution is 2.34. The number of methoxy groups -OCH3 is 1. The van der Waals surface area contributed by atoms with E-state index >= 15 is 0 Å². The first kappa shape index (κ1) is 17.2. The number of nitro benzene ring substituents is 1. The van der Waals surface area contributed by atoms with Crippen molar-refractivity contribution in [1.82, 2.24) is 0 Å². The monoisotopic (exact) mass is 298 g/mol. The van der Waals surface area contributed by atoms with E-state index in [0.717, 1.165) is 0 Å². The average molecular weight is 298 g/mol. The zero-order valence-corrected chi connectivity index (χ0v) is 12.8. The van der Waals surface area contributed by atoms with E-state index in [4.69, 9.17) is 19.9 Å². The number of nitro groups is 1. The number of hydrogen-bond acceptors (Lipinski definition) is 6. The van der Waals surface area contributed by atoms with Crippen molar-refractivity contribution in [3.05, 3.63) is 27.8 Å². The van der Waals surface area contributed by atoms with Gasteiger partial charge in [0.1, 0.15) is 6.61 Å². The Labute approximate surface area is 124 Å². The second-order valence-corrected chi connectivity index (χ2v) is 5.40. The first-order valence-corrected chi connectivity index (χ1v) is 6.60. The minimum atomic E-state index is -0.486. The zero-order chi connectivity index (χ0) is 16.0. The molecule has 2 N–H and O–H groups in total. The van der Waals surface area contributed by atoms with Crippen LogP contribution in [0.1, 0.15) is 26.3 Å². The Bertz CT molecular complexity index is 497. The number of hydrogen-bond donors (Lipinski definition) is 1. The molecule has 0 spiro atoms. The predicted octanol–water partition coefficient (Wildman–Crippen LogP) is 2.26. The van der Waals surface area contributed by atoms with E-state index in [0.29, 0.717) is 23.7 Å². The Morgan fingerprint density at radius 1 is 1.24 bits per heavy atom. The van der Waals surface area contributed by atoms with Crippen molar-refractivity contribution in [3.8, 4) is 11.5 Å². The van der Waals surface area contributed by atoms with Crippen molar-refractivity contribution in [2.45, 2.75) is 32.9 Å². The molecule has 0 fully saturated rings. The first-order chi connectivity index (χ1) is 9.78. The largest absolute Gasteiger partial charge is 0.493 e. The lowest BCUT2D eigenvalue weighted by Crippen LogP contribution is -2.22. The Kier molecular flexibility index (Phi) is 5.92. The van der Waals surface area contributed by atoms with Crippen LogP contribution in [-0.4, -0.2) is 30.8 Å². The third-order valence-corrected chi connectivity index (χ3v) is 2.66. The van der Waals surface area contributed by atoms with Crippen LogP contribution in [0.5, 0.6) is 11.5 Å². The third-order valence-electron chi connectivity index (χ3n) is 2.66. The molecule has 0 heterocycles. The van der Waals surface area contributed by atoms with Gasteiger partial charge in [0, 0.05) is 12.1 Å².